The SMILES string of the molecule is CN=C1Nc2cc(-c3cccc(C)c3)sc2N2C(I)=CNC12. The predicted molar refractivity (Wildman–Crippen MR) is 103 cm³/mol. The van der Waals surface area contributed by atoms with E-state index in [1.807, 2.05) is 24.6 Å². The molecule has 2 N–H and O–H groups in total. The van der Waals surface area contributed by atoms with Crippen LogP contribution >= 0.6 is 33.9 Å². The van der Waals surface area contributed by atoms with E-state index in [1.165, 1.54) is 24.7 Å². The number of thiophene rings is 1. The lowest BCUT2D eigenvalue weighted by Gasteiger charge is -2.33. The second-order valence-corrected chi connectivity index (χ2v) is 7.47. The molecule has 3 heterocycles. The maximum absolute atomic E-state index is 4.39. The molecule has 4 rings (SSSR count). The van der Waals surface area contributed by atoms with Crippen molar-refractivity contribution in [2.75, 3.05) is 17.3 Å². The van der Waals surface area contributed by atoms with Crippen molar-refractivity contribution in [1.82, 2.24) is 5.32 Å². The molecule has 1 aromatic carbocycles. The second kappa shape index (κ2) is 5.27. The fourth-order valence-electron chi connectivity index (χ4n) is 2.81. The van der Waals surface area contributed by atoms with Crippen LogP contribution in [0.5, 0.6) is 0 Å². The molecule has 0 fully saturated rings. The minimum absolute atomic E-state index is 0.0772. The van der Waals surface area contributed by atoms with E-state index >= 15 is 0 Å². The van der Waals surface area contributed by atoms with Crippen molar-refractivity contribution in [1.29, 1.82) is 0 Å². The van der Waals surface area contributed by atoms with E-state index in [-0.39, 0.29) is 6.17 Å². The van der Waals surface area contributed by atoms with Crippen LogP contribution in [-0.2, 0) is 0 Å². The Bertz CT molecular complexity index is 808. The Morgan fingerprint density at radius 1 is 1.32 bits per heavy atom. The second-order valence-electron chi connectivity index (χ2n) is 5.34. The van der Waals surface area contributed by atoms with Crippen LogP contribution in [0.2, 0.25) is 0 Å². The average Bonchev–Trinajstić information content (AvgIpc) is 3.10. The van der Waals surface area contributed by atoms with Gasteiger partial charge in [0.05, 0.1) is 9.39 Å². The first-order chi connectivity index (χ1) is 10.7. The van der Waals surface area contributed by atoms with Crippen LogP contribution in [0.4, 0.5) is 10.7 Å². The number of rotatable bonds is 1. The van der Waals surface area contributed by atoms with E-state index in [1.54, 1.807) is 0 Å². The van der Waals surface area contributed by atoms with E-state index in [0.717, 1.165) is 11.5 Å². The summed E-state index contributed by atoms with van der Waals surface area (Å²) in [5.41, 5.74) is 3.67. The van der Waals surface area contributed by atoms with E-state index in [2.05, 4.69) is 80.4 Å². The van der Waals surface area contributed by atoms with Crippen LogP contribution in [0.25, 0.3) is 10.4 Å². The Morgan fingerprint density at radius 2 is 2.18 bits per heavy atom. The van der Waals surface area contributed by atoms with Crippen molar-refractivity contribution in [3.63, 3.8) is 0 Å². The molecule has 2 aliphatic heterocycles. The Kier molecular flexibility index (Phi) is 3.37. The summed E-state index contributed by atoms with van der Waals surface area (Å²) in [5, 5.41) is 8.08. The van der Waals surface area contributed by atoms with Gasteiger partial charge in [0.25, 0.3) is 0 Å². The number of nitrogens with one attached hydrogen (secondary N) is 2. The lowest BCUT2D eigenvalue weighted by atomic mass is 10.1. The van der Waals surface area contributed by atoms with Crippen LogP contribution in [0.3, 0.4) is 0 Å². The molecule has 0 saturated carbocycles. The highest BCUT2D eigenvalue weighted by molar-refractivity contribution is 14.1. The molecular weight excluding hydrogens is 407 g/mol. The molecule has 0 radical (unpaired) electrons. The molecule has 6 heteroatoms. The third-order valence-corrected chi connectivity index (χ3v) is 5.86. The smallest absolute Gasteiger partial charge is 0.164 e. The molecular formula is C16H15IN4S. The van der Waals surface area contributed by atoms with Gasteiger partial charge in [-0.05, 0) is 41.1 Å². The number of fused-ring (bicyclic) bond motifs is 3. The first-order valence-corrected chi connectivity index (χ1v) is 8.92. The van der Waals surface area contributed by atoms with Crippen molar-refractivity contribution in [2.45, 2.75) is 13.1 Å². The number of anilines is 2. The van der Waals surface area contributed by atoms with Gasteiger partial charge in [-0.25, -0.2) is 0 Å². The number of amidine groups is 1. The summed E-state index contributed by atoms with van der Waals surface area (Å²) in [6, 6.07) is 10.9. The Morgan fingerprint density at radius 3 is 2.95 bits per heavy atom. The zero-order chi connectivity index (χ0) is 15.3. The number of benzene rings is 1. The van der Waals surface area contributed by atoms with Gasteiger partial charge in [0.15, 0.2) is 6.17 Å². The molecule has 4 nitrogen and oxygen atoms in total. The van der Waals surface area contributed by atoms with Crippen molar-refractivity contribution < 1.29 is 0 Å². The largest absolute Gasteiger partial charge is 0.363 e. The van der Waals surface area contributed by atoms with E-state index in [4.69, 9.17) is 0 Å². The van der Waals surface area contributed by atoms with Gasteiger partial charge in [-0.3, -0.25) is 9.89 Å². The summed E-state index contributed by atoms with van der Waals surface area (Å²) in [6.07, 6.45) is 2.12. The molecule has 2 aliphatic rings. The molecule has 1 unspecified atom stereocenters. The number of aryl methyl sites for hydroxylation is 1. The normalized spacial score (nSPS) is 21.0. The quantitative estimate of drug-likeness (QED) is 0.536. The third kappa shape index (κ3) is 2.13. The maximum atomic E-state index is 4.39. The molecule has 0 bridgehead atoms. The van der Waals surface area contributed by atoms with Gasteiger partial charge >= 0.3 is 0 Å². The monoisotopic (exact) mass is 422 g/mol. The van der Waals surface area contributed by atoms with Gasteiger partial charge in [0.2, 0.25) is 0 Å². The van der Waals surface area contributed by atoms with Crippen molar-refractivity contribution in [3.05, 3.63) is 45.8 Å². The van der Waals surface area contributed by atoms with Gasteiger partial charge < -0.3 is 10.6 Å². The van der Waals surface area contributed by atoms with Gasteiger partial charge in [-0.1, -0.05) is 29.8 Å². The van der Waals surface area contributed by atoms with Crippen molar-refractivity contribution in [3.8, 4) is 10.4 Å². The fraction of sp³-hybridized carbons (Fsp3) is 0.188. The van der Waals surface area contributed by atoms with Gasteiger partial charge in [-0.15, -0.1) is 11.3 Å². The first kappa shape index (κ1) is 14.1. The molecule has 0 aliphatic carbocycles. The molecule has 0 spiro atoms. The van der Waals surface area contributed by atoms with Crippen LogP contribution in [0.15, 0.2) is 45.2 Å². The zero-order valence-corrected chi connectivity index (χ0v) is 15.2. The Balaban J connectivity index is 1.83. The number of hydrogen-bond donors (Lipinski definition) is 2. The summed E-state index contributed by atoms with van der Waals surface area (Å²) >= 11 is 4.18. The lowest BCUT2D eigenvalue weighted by molar-refractivity contribution is 0.780. The average molecular weight is 422 g/mol. The molecule has 22 heavy (non-hydrogen) atoms. The van der Waals surface area contributed by atoms with E-state index in [0.29, 0.717) is 0 Å². The number of halogens is 1. The molecule has 112 valence electrons. The van der Waals surface area contributed by atoms with E-state index < -0.39 is 0 Å². The van der Waals surface area contributed by atoms with Crippen molar-refractivity contribution in [2.24, 2.45) is 4.99 Å². The van der Waals surface area contributed by atoms with Crippen molar-refractivity contribution >= 4 is 50.5 Å². The number of nitrogens with zero attached hydrogens (tertiary/aromatic N) is 2. The minimum atomic E-state index is 0.0772. The Labute approximate surface area is 147 Å². The van der Waals surface area contributed by atoms with Crippen LogP contribution in [0.1, 0.15) is 5.56 Å². The summed E-state index contributed by atoms with van der Waals surface area (Å²) in [6.45, 7) is 2.13. The highest BCUT2D eigenvalue weighted by Gasteiger charge is 2.37. The minimum Gasteiger partial charge on any atom is -0.363 e. The standard InChI is InChI=1S/C16H15IN4S/c1-9-4-3-5-10(6-9)12-7-11-16(22-12)21-13(17)8-19-15(21)14(18-2)20-11/h3-8,15,19H,1-2H3,(H,18,20). The highest BCUT2D eigenvalue weighted by Crippen LogP contribution is 2.47. The third-order valence-electron chi connectivity index (χ3n) is 3.85. The first-order valence-electron chi connectivity index (χ1n) is 7.03. The van der Waals surface area contributed by atoms with Gasteiger partial charge in [0, 0.05) is 18.1 Å². The lowest BCUT2D eigenvalue weighted by Crippen LogP contribution is -2.49. The molecule has 1 aromatic heterocycles. The highest BCUT2D eigenvalue weighted by atomic mass is 127. The summed E-state index contributed by atoms with van der Waals surface area (Å²) in [5.74, 6) is 0.948. The topological polar surface area (TPSA) is 39.7 Å². The fourth-order valence-corrected chi connectivity index (χ4v) is 4.82. The maximum Gasteiger partial charge on any atom is 0.164 e. The Hall–Kier alpha value is -1.54. The molecule has 0 amide bonds. The zero-order valence-electron chi connectivity index (χ0n) is 12.2. The number of hydrogen-bond acceptors (Lipinski definition) is 4. The van der Waals surface area contributed by atoms with Gasteiger partial charge in [-0.2, -0.15) is 0 Å². The molecule has 0 saturated heterocycles. The van der Waals surface area contributed by atoms with Crippen LogP contribution in [-0.4, -0.2) is 19.0 Å². The predicted octanol–water partition coefficient (Wildman–Crippen LogP) is 4.15. The molecule has 2 aromatic rings. The van der Waals surface area contributed by atoms with E-state index in [9.17, 15) is 0 Å². The molecule has 1 atom stereocenters. The summed E-state index contributed by atoms with van der Waals surface area (Å²) in [4.78, 5) is 7.96. The summed E-state index contributed by atoms with van der Waals surface area (Å²) in [7, 11) is 1.83. The summed E-state index contributed by atoms with van der Waals surface area (Å²) < 4.78 is 1.18. The van der Waals surface area contributed by atoms with Crippen LogP contribution < -0.4 is 15.5 Å². The number of aliphatic imine (C=N–C) groups is 1. The van der Waals surface area contributed by atoms with Crippen LogP contribution in [0, 0.1) is 6.92 Å². The van der Waals surface area contributed by atoms with Gasteiger partial charge in [0.1, 0.15) is 10.8 Å².